The molecule has 0 radical (unpaired) electrons. The molecule has 0 aliphatic heterocycles. The fourth-order valence-electron chi connectivity index (χ4n) is 0.821. The van der Waals surface area contributed by atoms with Gasteiger partial charge in [0.1, 0.15) is 0 Å². The molecule has 0 aliphatic carbocycles. The van der Waals surface area contributed by atoms with E-state index in [4.69, 9.17) is 5.73 Å². The fraction of sp³-hybridized carbons (Fsp3) is 0.875. The smallest absolute Gasteiger partial charge is 0.222 e. The SMILES string of the molecule is CN(C)C(=O)CCCCCN. The van der Waals surface area contributed by atoms with Crippen molar-refractivity contribution in [2.24, 2.45) is 5.73 Å². The van der Waals surface area contributed by atoms with Gasteiger partial charge in [-0.1, -0.05) is 6.42 Å². The Morgan fingerprint density at radius 1 is 1.27 bits per heavy atom. The van der Waals surface area contributed by atoms with Crippen molar-refractivity contribution in [2.45, 2.75) is 25.7 Å². The van der Waals surface area contributed by atoms with Gasteiger partial charge in [-0.15, -0.1) is 0 Å². The van der Waals surface area contributed by atoms with E-state index in [0.29, 0.717) is 6.42 Å². The quantitative estimate of drug-likeness (QED) is 0.595. The number of carbonyl (C=O) groups is 1. The molecule has 3 nitrogen and oxygen atoms in total. The predicted octanol–water partition coefficient (Wildman–Crippen LogP) is 0.594. The van der Waals surface area contributed by atoms with E-state index < -0.39 is 0 Å². The summed E-state index contributed by atoms with van der Waals surface area (Å²) in [6.07, 6.45) is 3.72. The normalized spacial score (nSPS) is 9.73. The standard InChI is InChI=1S/C8H18N2O/c1-10(2)8(11)6-4-3-5-7-9/h3-7,9H2,1-2H3. The molecule has 0 heterocycles. The number of amides is 1. The Balaban J connectivity index is 3.18. The maximum Gasteiger partial charge on any atom is 0.222 e. The highest BCUT2D eigenvalue weighted by atomic mass is 16.2. The van der Waals surface area contributed by atoms with Crippen LogP contribution in [0.1, 0.15) is 25.7 Å². The summed E-state index contributed by atoms with van der Waals surface area (Å²) in [6.45, 7) is 0.732. The van der Waals surface area contributed by atoms with Crippen LogP contribution >= 0.6 is 0 Å². The summed E-state index contributed by atoms with van der Waals surface area (Å²) >= 11 is 0. The highest BCUT2D eigenvalue weighted by Crippen LogP contribution is 1.99. The van der Waals surface area contributed by atoms with Crippen LogP contribution in [-0.2, 0) is 4.79 Å². The number of hydrogen-bond acceptors (Lipinski definition) is 2. The summed E-state index contributed by atoms with van der Waals surface area (Å²) < 4.78 is 0. The largest absolute Gasteiger partial charge is 0.349 e. The third kappa shape index (κ3) is 5.85. The summed E-state index contributed by atoms with van der Waals surface area (Å²) in [6, 6.07) is 0. The summed E-state index contributed by atoms with van der Waals surface area (Å²) in [4.78, 5) is 12.6. The lowest BCUT2D eigenvalue weighted by molar-refractivity contribution is -0.128. The number of rotatable bonds is 5. The van der Waals surface area contributed by atoms with Crippen molar-refractivity contribution in [1.82, 2.24) is 4.90 Å². The van der Waals surface area contributed by atoms with Crippen LogP contribution in [0.25, 0.3) is 0 Å². The van der Waals surface area contributed by atoms with Crippen LogP contribution in [-0.4, -0.2) is 31.4 Å². The van der Waals surface area contributed by atoms with Gasteiger partial charge in [0.2, 0.25) is 5.91 Å². The second kappa shape index (κ2) is 6.16. The van der Waals surface area contributed by atoms with Crippen LogP contribution in [0.15, 0.2) is 0 Å². The third-order valence-electron chi connectivity index (χ3n) is 1.59. The van der Waals surface area contributed by atoms with Crippen molar-refractivity contribution in [3.63, 3.8) is 0 Å². The Kier molecular flexibility index (Phi) is 5.84. The molecule has 0 bridgehead atoms. The van der Waals surface area contributed by atoms with E-state index in [0.717, 1.165) is 25.8 Å². The average Bonchev–Trinajstić information content (AvgIpc) is 1.97. The Morgan fingerprint density at radius 2 is 1.91 bits per heavy atom. The first-order chi connectivity index (χ1) is 5.18. The van der Waals surface area contributed by atoms with Crippen LogP contribution in [0, 0.1) is 0 Å². The van der Waals surface area contributed by atoms with E-state index >= 15 is 0 Å². The lowest BCUT2D eigenvalue weighted by atomic mass is 10.2. The van der Waals surface area contributed by atoms with Crippen molar-refractivity contribution in [3.05, 3.63) is 0 Å². The number of hydrogen-bond donors (Lipinski definition) is 1. The first-order valence-corrected chi connectivity index (χ1v) is 4.08. The van der Waals surface area contributed by atoms with Crippen molar-refractivity contribution in [1.29, 1.82) is 0 Å². The van der Waals surface area contributed by atoms with Gasteiger partial charge in [-0.2, -0.15) is 0 Å². The fourth-order valence-corrected chi connectivity index (χ4v) is 0.821. The second-order valence-electron chi connectivity index (χ2n) is 2.89. The van der Waals surface area contributed by atoms with Gasteiger partial charge >= 0.3 is 0 Å². The zero-order chi connectivity index (χ0) is 8.69. The van der Waals surface area contributed by atoms with E-state index in [1.54, 1.807) is 19.0 Å². The van der Waals surface area contributed by atoms with Gasteiger partial charge in [0.15, 0.2) is 0 Å². The molecule has 66 valence electrons. The molecular weight excluding hydrogens is 140 g/mol. The van der Waals surface area contributed by atoms with E-state index in [1.807, 2.05) is 0 Å². The molecule has 0 aliphatic rings. The van der Waals surface area contributed by atoms with Crippen LogP contribution in [0.2, 0.25) is 0 Å². The predicted molar refractivity (Wildman–Crippen MR) is 46.2 cm³/mol. The Hall–Kier alpha value is -0.570. The maximum atomic E-state index is 11.0. The van der Waals surface area contributed by atoms with E-state index in [-0.39, 0.29) is 5.91 Å². The molecule has 2 N–H and O–H groups in total. The minimum Gasteiger partial charge on any atom is -0.349 e. The summed E-state index contributed by atoms with van der Waals surface area (Å²) in [5, 5.41) is 0. The van der Waals surface area contributed by atoms with Crippen molar-refractivity contribution < 1.29 is 4.79 Å². The Morgan fingerprint density at radius 3 is 2.36 bits per heavy atom. The number of nitrogens with two attached hydrogens (primary N) is 1. The summed E-state index contributed by atoms with van der Waals surface area (Å²) in [5.74, 6) is 0.210. The van der Waals surface area contributed by atoms with Crippen LogP contribution < -0.4 is 5.73 Å². The second-order valence-corrected chi connectivity index (χ2v) is 2.89. The number of nitrogens with zero attached hydrogens (tertiary/aromatic N) is 1. The summed E-state index contributed by atoms with van der Waals surface area (Å²) in [7, 11) is 3.57. The van der Waals surface area contributed by atoms with Gasteiger partial charge in [0.05, 0.1) is 0 Å². The monoisotopic (exact) mass is 158 g/mol. The van der Waals surface area contributed by atoms with E-state index in [2.05, 4.69) is 0 Å². The maximum absolute atomic E-state index is 11.0. The van der Waals surface area contributed by atoms with Crippen LogP contribution in [0.3, 0.4) is 0 Å². The highest BCUT2D eigenvalue weighted by molar-refractivity contribution is 5.75. The minimum absolute atomic E-state index is 0.210. The molecule has 0 atom stereocenters. The molecule has 0 rings (SSSR count). The highest BCUT2D eigenvalue weighted by Gasteiger charge is 2.01. The lowest BCUT2D eigenvalue weighted by Gasteiger charge is -2.08. The Bertz CT molecular complexity index is 113. The molecule has 1 amide bonds. The molecule has 0 aromatic rings. The molecule has 0 aromatic carbocycles. The minimum atomic E-state index is 0.210. The molecular formula is C8H18N2O. The van der Waals surface area contributed by atoms with E-state index in [1.165, 1.54) is 0 Å². The van der Waals surface area contributed by atoms with E-state index in [9.17, 15) is 4.79 Å². The van der Waals surface area contributed by atoms with Gasteiger partial charge in [-0.3, -0.25) is 4.79 Å². The van der Waals surface area contributed by atoms with Gasteiger partial charge in [-0.05, 0) is 19.4 Å². The molecule has 0 aromatic heterocycles. The number of carbonyl (C=O) groups excluding carboxylic acids is 1. The lowest BCUT2D eigenvalue weighted by Crippen LogP contribution is -2.21. The molecule has 0 unspecified atom stereocenters. The topological polar surface area (TPSA) is 46.3 Å². The molecule has 0 spiro atoms. The first kappa shape index (κ1) is 10.4. The molecule has 11 heavy (non-hydrogen) atoms. The van der Waals surface area contributed by atoms with Gasteiger partial charge in [0.25, 0.3) is 0 Å². The first-order valence-electron chi connectivity index (χ1n) is 4.08. The van der Waals surface area contributed by atoms with Crippen LogP contribution in [0.4, 0.5) is 0 Å². The third-order valence-corrected chi connectivity index (χ3v) is 1.59. The summed E-state index contributed by atoms with van der Waals surface area (Å²) in [5.41, 5.74) is 5.31. The van der Waals surface area contributed by atoms with Crippen molar-refractivity contribution in [2.75, 3.05) is 20.6 Å². The number of unbranched alkanes of at least 4 members (excludes halogenated alkanes) is 2. The van der Waals surface area contributed by atoms with Gasteiger partial charge in [-0.25, -0.2) is 0 Å². The average molecular weight is 158 g/mol. The molecule has 0 fully saturated rings. The molecule has 3 heteroatoms. The van der Waals surface area contributed by atoms with Crippen molar-refractivity contribution in [3.8, 4) is 0 Å². The van der Waals surface area contributed by atoms with Crippen LogP contribution in [0.5, 0.6) is 0 Å². The molecule has 0 saturated heterocycles. The molecule has 0 saturated carbocycles. The van der Waals surface area contributed by atoms with Gasteiger partial charge in [0, 0.05) is 20.5 Å². The zero-order valence-electron chi connectivity index (χ0n) is 7.47. The Labute approximate surface area is 68.6 Å². The van der Waals surface area contributed by atoms with Gasteiger partial charge < -0.3 is 10.6 Å². The zero-order valence-corrected chi connectivity index (χ0v) is 7.47. The van der Waals surface area contributed by atoms with Crippen molar-refractivity contribution >= 4 is 5.91 Å².